The zero-order valence-electron chi connectivity index (χ0n) is 18.5. The van der Waals surface area contributed by atoms with Crippen molar-refractivity contribution in [2.45, 2.75) is 38.9 Å². The van der Waals surface area contributed by atoms with Crippen LogP contribution < -0.4 is 16.2 Å². The first-order valence-electron chi connectivity index (χ1n) is 11.1. The van der Waals surface area contributed by atoms with E-state index in [9.17, 15) is 9.18 Å². The summed E-state index contributed by atoms with van der Waals surface area (Å²) in [4.78, 5) is 20.4. The summed E-state index contributed by atoms with van der Waals surface area (Å²) in [5.74, 6) is 6.39. The number of imidazole rings is 1. The zero-order chi connectivity index (χ0) is 22.9. The Morgan fingerprint density at radius 1 is 1.21 bits per heavy atom. The first-order valence-corrected chi connectivity index (χ1v) is 11.1. The Morgan fingerprint density at radius 2 is 2.03 bits per heavy atom. The highest BCUT2D eigenvalue weighted by Crippen LogP contribution is 2.24. The Kier molecular flexibility index (Phi) is 5.56. The topological polar surface area (TPSA) is 82.0 Å². The third kappa shape index (κ3) is 3.85. The van der Waals surface area contributed by atoms with Gasteiger partial charge in [-0.25, -0.2) is 14.1 Å². The third-order valence-electron chi connectivity index (χ3n) is 6.17. The maximum atomic E-state index is 14.2. The highest BCUT2D eigenvalue weighted by atomic mass is 19.1. The lowest BCUT2D eigenvalue weighted by atomic mass is 10.0. The lowest BCUT2D eigenvalue weighted by Crippen LogP contribution is -2.44. The monoisotopic (exact) mass is 444 g/mol. The van der Waals surface area contributed by atoms with E-state index in [1.165, 1.54) is 10.7 Å². The van der Waals surface area contributed by atoms with Gasteiger partial charge in [-0.3, -0.25) is 9.36 Å². The lowest BCUT2D eigenvalue weighted by molar-refractivity contribution is 0.496. The standard InChI is InChI=1S/C25H25FN6O/c1-2-3-13-31-23-22(29-25(31)30-12-6-7-18(27)16-30)14-28-32(24(23)33)15-17-10-11-21(26)20-9-5-4-8-19(17)20/h4-5,8-11,14,18H,6-7,12-13,15-16,27H2,1H3/t18-/m1/s1. The van der Waals surface area contributed by atoms with Gasteiger partial charge in [-0.2, -0.15) is 5.10 Å². The van der Waals surface area contributed by atoms with E-state index in [2.05, 4.69) is 21.8 Å². The van der Waals surface area contributed by atoms with Gasteiger partial charge < -0.3 is 10.6 Å². The van der Waals surface area contributed by atoms with E-state index in [-0.39, 0.29) is 24.0 Å². The molecule has 0 amide bonds. The lowest BCUT2D eigenvalue weighted by Gasteiger charge is -2.31. The molecule has 2 aromatic carbocycles. The maximum absolute atomic E-state index is 14.2. The Labute approximate surface area is 190 Å². The predicted molar refractivity (Wildman–Crippen MR) is 128 cm³/mol. The number of aromatic nitrogens is 4. The number of nitrogens with two attached hydrogens (primary N) is 1. The molecular weight excluding hydrogens is 419 g/mol. The Morgan fingerprint density at radius 3 is 2.82 bits per heavy atom. The van der Waals surface area contributed by atoms with E-state index < -0.39 is 0 Å². The van der Waals surface area contributed by atoms with Crippen LogP contribution in [-0.4, -0.2) is 38.5 Å². The van der Waals surface area contributed by atoms with Gasteiger partial charge in [0.2, 0.25) is 5.95 Å². The van der Waals surface area contributed by atoms with Crippen LogP contribution in [0.15, 0.2) is 47.4 Å². The average Bonchev–Trinajstić information content (AvgIpc) is 3.20. The molecule has 5 rings (SSSR count). The number of hydrogen-bond donors (Lipinski definition) is 1. The third-order valence-corrected chi connectivity index (χ3v) is 6.17. The van der Waals surface area contributed by atoms with E-state index in [4.69, 9.17) is 10.7 Å². The van der Waals surface area contributed by atoms with Gasteiger partial charge in [-0.1, -0.05) is 36.3 Å². The van der Waals surface area contributed by atoms with E-state index in [1.54, 1.807) is 31.3 Å². The van der Waals surface area contributed by atoms with Gasteiger partial charge >= 0.3 is 0 Å². The molecule has 1 aliphatic heterocycles. The van der Waals surface area contributed by atoms with Crippen molar-refractivity contribution in [3.8, 4) is 11.8 Å². The van der Waals surface area contributed by atoms with Crippen LogP contribution in [-0.2, 0) is 13.1 Å². The van der Waals surface area contributed by atoms with Crippen LogP contribution >= 0.6 is 0 Å². The Balaban J connectivity index is 1.62. The second-order valence-electron chi connectivity index (χ2n) is 8.37. The van der Waals surface area contributed by atoms with Gasteiger partial charge in [-0.15, -0.1) is 5.92 Å². The van der Waals surface area contributed by atoms with Crippen LogP contribution in [0.5, 0.6) is 0 Å². The van der Waals surface area contributed by atoms with Gasteiger partial charge in [0.05, 0.1) is 19.3 Å². The molecule has 1 saturated heterocycles. The molecule has 0 radical (unpaired) electrons. The minimum atomic E-state index is -0.286. The van der Waals surface area contributed by atoms with E-state index in [1.807, 2.05) is 16.7 Å². The second-order valence-corrected chi connectivity index (χ2v) is 8.37. The van der Waals surface area contributed by atoms with Crippen molar-refractivity contribution in [2.24, 2.45) is 5.73 Å². The van der Waals surface area contributed by atoms with Crippen molar-refractivity contribution in [1.82, 2.24) is 19.3 Å². The summed E-state index contributed by atoms with van der Waals surface area (Å²) in [6.07, 6.45) is 3.57. The number of halogens is 1. The molecule has 4 aromatic rings. The molecule has 168 valence electrons. The number of hydrogen-bond acceptors (Lipinski definition) is 5. The summed E-state index contributed by atoms with van der Waals surface area (Å²) in [5.41, 5.74) is 7.76. The highest BCUT2D eigenvalue weighted by molar-refractivity contribution is 5.86. The normalized spacial score (nSPS) is 16.2. The number of benzene rings is 2. The van der Waals surface area contributed by atoms with Crippen molar-refractivity contribution in [1.29, 1.82) is 0 Å². The molecule has 2 N–H and O–H groups in total. The summed E-state index contributed by atoms with van der Waals surface area (Å²) in [5, 5.41) is 5.67. The zero-order valence-corrected chi connectivity index (χ0v) is 18.5. The van der Waals surface area contributed by atoms with Crippen molar-refractivity contribution in [3.63, 3.8) is 0 Å². The van der Waals surface area contributed by atoms with Crippen LogP contribution in [0.4, 0.5) is 10.3 Å². The molecule has 1 fully saturated rings. The molecule has 0 aliphatic carbocycles. The van der Waals surface area contributed by atoms with Crippen molar-refractivity contribution >= 4 is 27.8 Å². The van der Waals surface area contributed by atoms with E-state index in [0.29, 0.717) is 35.5 Å². The molecule has 1 aliphatic rings. The second kappa shape index (κ2) is 8.68. The minimum Gasteiger partial charge on any atom is -0.341 e. The highest BCUT2D eigenvalue weighted by Gasteiger charge is 2.24. The summed E-state index contributed by atoms with van der Waals surface area (Å²) in [6, 6.07) is 10.5. The van der Waals surface area contributed by atoms with Gasteiger partial charge in [0.1, 0.15) is 16.9 Å². The fourth-order valence-corrected chi connectivity index (χ4v) is 4.55. The molecule has 3 heterocycles. The molecule has 0 spiro atoms. The van der Waals surface area contributed by atoms with E-state index in [0.717, 1.165) is 30.3 Å². The number of anilines is 1. The van der Waals surface area contributed by atoms with E-state index >= 15 is 0 Å². The molecular formula is C25H25FN6O. The average molecular weight is 445 g/mol. The molecule has 0 bridgehead atoms. The number of rotatable bonds is 4. The predicted octanol–water partition coefficient (Wildman–Crippen LogP) is 2.88. The minimum absolute atomic E-state index is 0.0748. The van der Waals surface area contributed by atoms with Gasteiger partial charge in [0.15, 0.2) is 0 Å². The SMILES string of the molecule is CC#CCn1c(N2CCC[C@@H](N)C2)nc2cnn(Cc3ccc(F)c4ccccc34)c(=O)c21. The molecule has 8 heteroatoms. The van der Waals surface area contributed by atoms with Crippen molar-refractivity contribution in [2.75, 3.05) is 18.0 Å². The summed E-state index contributed by atoms with van der Waals surface area (Å²) in [7, 11) is 0. The number of piperidine rings is 1. The molecule has 0 saturated carbocycles. The maximum Gasteiger partial charge on any atom is 0.293 e. The van der Waals surface area contributed by atoms with Crippen LogP contribution in [0, 0.1) is 17.7 Å². The molecule has 2 aromatic heterocycles. The molecule has 7 nitrogen and oxygen atoms in total. The summed E-state index contributed by atoms with van der Waals surface area (Å²) >= 11 is 0. The quantitative estimate of drug-likeness (QED) is 0.490. The Bertz CT molecular complexity index is 1460. The first-order chi connectivity index (χ1) is 16.1. The van der Waals surface area contributed by atoms with Gasteiger partial charge in [0, 0.05) is 24.5 Å². The van der Waals surface area contributed by atoms with Crippen molar-refractivity contribution in [3.05, 3.63) is 64.3 Å². The van der Waals surface area contributed by atoms with Gasteiger partial charge in [0.25, 0.3) is 5.56 Å². The number of nitrogens with zero attached hydrogens (tertiary/aromatic N) is 5. The smallest absolute Gasteiger partial charge is 0.293 e. The largest absolute Gasteiger partial charge is 0.341 e. The summed E-state index contributed by atoms with van der Waals surface area (Å²) < 4.78 is 17.5. The van der Waals surface area contributed by atoms with Crippen LogP contribution in [0.25, 0.3) is 21.8 Å². The van der Waals surface area contributed by atoms with Crippen LogP contribution in [0.2, 0.25) is 0 Å². The number of fused-ring (bicyclic) bond motifs is 2. The fraction of sp³-hybridized carbons (Fsp3) is 0.320. The summed E-state index contributed by atoms with van der Waals surface area (Å²) in [6.45, 7) is 3.87. The van der Waals surface area contributed by atoms with Crippen molar-refractivity contribution < 1.29 is 4.39 Å². The fourth-order valence-electron chi connectivity index (χ4n) is 4.55. The van der Waals surface area contributed by atoms with Crippen LogP contribution in [0.1, 0.15) is 25.3 Å². The molecule has 0 unspecified atom stereocenters. The Hall–Kier alpha value is -3.70. The molecule has 1 atom stereocenters. The van der Waals surface area contributed by atoms with Crippen LogP contribution in [0.3, 0.4) is 0 Å². The first kappa shape index (κ1) is 21.2. The molecule has 33 heavy (non-hydrogen) atoms. The van der Waals surface area contributed by atoms with Gasteiger partial charge in [-0.05, 0) is 36.8 Å².